The minimum absolute atomic E-state index is 0.0524. The first kappa shape index (κ1) is 11.5. The van der Waals surface area contributed by atoms with Crippen LogP contribution in [0, 0.1) is 6.92 Å². The van der Waals surface area contributed by atoms with Crippen molar-refractivity contribution in [2.75, 3.05) is 13.6 Å². The Labute approximate surface area is 89.1 Å². The lowest BCUT2D eigenvalue weighted by atomic mass is 10.3. The van der Waals surface area contributed by atoms with Gasteiger partial charge in [0.1, 0.15) is 6.54 Å². The Balaban J connectivity index is 2.82. The Bertz CT molecular complexity index is 409. The number of rotatable bonds is 3. The molecule has 1 aromatic heterocycles. The summed E-state index contributed by atoms with van der Waals surface area (Å²) in [4.78, 5) is 24.6. The molecular weight excluding hydrogens is 192 g/mol. The average Bonchev–Trinajstić information content (AvgIpc) is 2.20. The first-order valence-electron chi connectivity index (χ1n) is 4.95. The summed E-state index contributed by atoms with van der Waals surface area (Å²) in [5.41, 5.74) is 0.778. The Morgan fingerprint density at radius 1 is 1.53 bits per heavy atom. The lowest BCUT2D eigenvalue weighted by molar-refractivity contribution is -0.130. The summed E-state index contributed by atoms with van der Waals surface area (Å²) in [6.07, 6.45) is 1.65. The first-order valence-corrected chi connectivity index (χ1v) is 4.95. The zero-order chi connectivity index (χ0) is 11.4. The Morgan fingerprint density at radius 2 is 2.20 bits per heavy atom. The van der Waals surface area contributed by atoms with Crippen molar-refractivity contribution >= 4 is 5.91 Å². The summed E-state index contributed by atoms with van der Waals surface area (Å²) in [5.74, 6) is -0.0524. The van der Waals surface area contributed by atoms with Crippen LogP contribution in [-0.4, -0.2) is 29.0 Å². The van der Waals surface area contributed by atoms with Gasteiger partial charge < -0.3 is 9.47 Å². The van der Waals surface area contributed by atoms with Crippen LogP contribution in [-0.2, 0) is 11.3 Å². The summed E-state index contributed by atoms with van der Waals surface area (Å²) in [7, 11) is 1.72. The van der Waals surface area contributed by atoms with Gasteiger partial charge in [0.25, 0.3) is 5.56 Å². The van der Waals surface area contributed by atoms with Crippen molar-refractivity contribution in [3.63, 3.8) is 0 Å². The molecule has 0 atom stereocenters. The quantitative estimate of drug-likeness (QED) is 0.731. The Kier molecular flexibility index (Phi) is 3.66. The molecule has 0 aliphatic heterocycles. The molecule has 0 aliphatic rings. The van der Waals surface area contributed by atoms with Crippen molar-refractivity contribution in [2.24, 2.45) is 0 Å². The molecule has 0 saturated heterocycles. The monoisotopic (exact) mass is 208 g/mol. The van der Waals surface area contributed by atoms with Crippen LogP contribution in [0.2, 0.25) is 0 Å². The van der Waals surface area contributed by atoms with Crippen molar-refractivity contribution in [1.29, 1.82) is 0 Å². The number of carbonyl (C=O) groups excluding carboxylic acids is 1. The van der Waals surface area contributed by atoms with Crippen LogP contribution >= 0.6 is 0 Å². The lowest BCUT2D eigenvalue weighted by Gasteiger charge is -2.15. The minimum atomic E-state index is -0.132. The smallest absolute Gasteiger partial charge is 0.251 e. The van der Waals surface area contributed by atoms with E-state index in [9.17, 15) is 9.59 Å². The van der Waals surface area contributed by atoms with Gasteiger partial charge in [0.2, 0.25) is 5.91 Å². The molecule has 0 radical (unpaired) electrons. The Hall–Kier alpha value is -1.58. The number of hydrogen-bond donors (Lipinski definition) is 0. The number of pyridine rings is 1. The molecule has 4 heteroatoms. The van der Waals surface area contributed by atoms with E-state index in [0.29, 0.717) is 6.54 Å². The van der Waals surface area contributed by atoms with Crippen molar-refractivity contribution in [3.05, 3.63) is 34.2 Å². The highest BCUT2D eigenvalue weighted by Gasteiger charge is 2.07. The first-order chi connectivity index (χ1) is 7.04. The van der Waals surface area contributed by atoms with Crippen LogP contribution in [0.15, 0.2) is 23.1 Å². The molecule has 15 heavy (non-hydrogen) atoms. The molecule has 4 nitrogen and oxygen atoms in total. The van der Waals surface area contributed by atoms with E-state index >= 15 is 0 Å². The fourth-order valence-electron chi connectivity index (χ4n) is 1.18. The maximum absolute atomic E-state index is 11.5. The standard InChI is InChI=1S/C11H16N2O2/c1-4-12(3)11(15)8-13-6-5-9(2)7-10(13)14/h5-7H,4,8H2,1-3H3. The molecule has 0 N–H and O–H groups in total. The van der Waals surface area contributed by atoms with Crippen LogP contribution in [0.25, 0.3) is 0 Å². The molecule has 0 unspecified atom stereocenters. The molecule has 1 rings (SSSR count). The molecule has 1 amide bonds. The SMILES string of the molecule is CCN(C)C(=O)Cn1ccc(C)cc1=O. The van der Waals surface area contributed by atoms with Crippen molar-refractivity contribution < 1.29 is 4.79 Å². The van der Waals surface area contributed by atoms with Crippen LogP contribution in [0.3, 0.4) is 0 Å². The fourth-order valence-corrected chi connectivity index (χ4v) is 1.18. The Morgan fingerprint density at radius 3 is 2.73 bits per heavy atom. The van der Waals surface area contributed by atoms with Gasteiger partial charge in [-0.25, -0.2) is 0 Å². The topological polar surface area (TPSA) is 42.3 Å². The summed E-state index contributed by atoms with van der Waals surface area (Å²) in [5, 5.41) is 0. The largest absolute Gasteiger partial charge is 0.344 e. The van der Waals surface area contributed by atoms with Gasteiger partial charge in [0.15, 0.2) is 0 Å². The van der Waals surface area contributed by atoms with Crippen LogP contribution in [0.4, 0.5) is 0 Å². The molecule has 0 spiro atoms. The predicted molar refractivity (Wildman–Crippen MR) is 58.8 cm³/mol. The number of amides is 1. The van der Waals surface area contributed by atoms with Gasteiger partial charge in [0, 0.05) is 25.9 Å². The van der Waals surface area contributed by atoms with E-state index in [-0.39, 0.29) is 18.0 Å². The normalized spacial score (nSPS) is 10.1. The van der Waals surface area contributed by atoms with E-state index in [1.807, 2.05) is 19.9 Å². The van der Waals surface area contributed by atoms with Gasteiger partial charge in [-0.05, 0) is 25.5 Å². The van der Waals surface area contributed by atoms with Crippen LogP contribution in [0.1, 0.15) is 12.5 Å². The summed E-state index contributed by atoms with van der Waals surface area (Å²) in [6.45, 7) is 4.52. The number of likely N-dealkylation sites (N-methyl/N-ethyl adjacent to an activating group) is 1. The van der Waals surface area contributed by atoms with Gasteiger partial charge in [-0.2, -0.15) is 0 Å². The molecule has 1 heterocycles. The number of nitrogens with zero attached hydrogens (tertiary/aromatic N) is 2. The second-order valence-electron chi connectivity index (χ2n) is 3.58. The van der Waals surface area contributed by atoms with Gasteiger partial charge in [0.05, 0.1) is 0 Å². The molecule has 0 fully saturated rings. The highest BCUT2D eigenvalue weighted by atomic mass is 16.2. The average molecular weight is 208 g/mol. The molecule has 1 aromatic rings. The predicted octanol–water partition coefficient (Wildman–Crippen LogP) is 0.635. The third-order valence-electron chi connectivity index (χ3n) is 2.36. The maximum atomic E-state index is 11.5. The number of aromatic nitrogens is 1. The fraction of sp³-hybridized carbons (Fsp3) is 0.455. The van der Waals surface area contributed by atoms with E-state index in [2.05, 4.69) is 0 Å². The molecule has 0 aliphatic carbocycles. The molecule has 0 aromatic carbocycles. The highest BCUT2D eigenvalue weighted by molar-refractivity contribution is 5.75. The second-order valence-corrected chi connectivity index (χ2v) is 3.58. The van der Waals surface area contributed by atoms with Gasteiger partial charge in [-0.3, -0.25) is 9.59 Å². The number of hydrogen-bond acceptors (Lipinski definition) is 2. The van der Waals surface area contributed by atoms with E-state index in [1.54, 1.807) is 18.1 Å². The van der Waals surface area contributed by atoms with Crippen molar-refractivity contribution in [1.82, 2.24) is 9.47 Å². The molecule has 0 bridgehead atoms. The zero-order valence-corrected chi connectivity index (χ0v) is 9.36. The van der Waals surface area contributed by atoms with Crippen LogP contribution in [0.5, 0.6) is 0 Å². The third kappa shape index (κ3) is 2.94. The molecule has 82 valence electrons. The van der Waals surface area contributed by atoms with Gasteiger partial charge in [-0.1, -0.05) is 0 Å². The summed E-state index contributed by atoms with van der Waals surface area (Å²) < 4.78 is 1.42. The minimum Gasteiger partial charge on any atom is -0.344 e. The molecule has 0 saturated carbocycles. The van der Waals surface area contributed by atoms with E-state index in [1.165, 1.54) is 10.6 Å². The van der Waals surface area contributed by atoms with E-state index in [0.717, 1.165) is 5.56 Å². The highest BCUT2D eigenvalue weighted by Crippen LogP contribution is 1.93. The summed E-state index contributed by atoms with van der Waals surface area (Å²) in [6, 6.07) is 3.35. The van der Waals surface area contributed by atoms with Gasteiger partial charge >= 0.3 is 0 Å². The zero-order valence-electron chi connectivity index (χ0n) is 9.36. The van der Waals surface area contributed by atoms with E-state index in [4.69, 9.17) is 0 Å². The van der Waals surface area contributed by atoms with Gasteiger partial charge in [-0.15, -0.1) is 0 Å². The van der Waals surface area contributed by atoms with E-state index < -0.39 is 0 Å². The van der Waals surface area contributed by atoms with Crippen molar-refractivity contribution in [3.8, 4) is 0 Å². The third-order valence-corrected chi connectivity index (χ3v) is 2.36. The maximum Gasteiger partial charge on any atom is 0.251 e. The number of carbonyl (C=O) groups is 1. The second kappa shape index (κ2) is 4.77. The van der Waals surface area contributed by atoms with Crippen LogP contribution < -0.4 is 5.56 Å². The van der Waals surface area contributed by atoms with Crippen molar-refractivity contribution in [2.45, 2.75) is 20.4 Å². The number of aryl methyl sites for hydroxylation is 1. The lowest BCUT2D eigenvalue weighted by Crippen LogP contribution is -2.33. The summed E-state index contributed by atoms with van der Waals surface area (Å²) >= 11 is 0. The molecular formula is C11H16N2O2.